The number of amides is 1. The lowest BCUT2D eigenvalue weighted by Gasteiger charge is -2.52. The molecule has 1 aliphatic carbocycles. The van der Waals surface area contributed by atoms with Crippen LogP contribution in [0.1, 0.15) is 54.8 Å². The van der Waals surface area contributed by atoms with Crippen LogP contribution in [0.2, 0.25) is 0 Å². The molecule has 2 bridgehead atoms. The maximum atomic E-state index is 13.1. The molecule has 3 saturated heterocycles. The second-order valence-corrected chi connectivity index (χ2v) is 9.84. The molecule has 1 atom stereocenters. The summed E-state index contributed by atoms with van der Waals surface area (Å²) < 4.78 is 7.14. The van der Waals surface area contributed by atoms with Crippen LogP contribution in [0.3, 0.4) is 0 Å². The maximum absolute atomic E-state index is 13.1. The van der Waals surface area contributed by atoms with E-state index in [0.29, 0.717) is 12.0 Å². The minimum atomic E-state index is 0.0920. The van der Waals surface area contributed by atoms with Crippen molar-refractivity contribution in [2.24, 2.45) is 5.92 Å². The highest BCUT2D eigenvalue weighted by atomic mass is 32.1. The van der Waals surface area contributed by atoms with Gasteiger partial charge >= 0.3 is 0 Å². The fourth-order valence-corrected chi connectivity index (χ4v) is 6.31. The fraction of sp³-hybridized carbons (Fsp3) is 0.591. The molecule has 1 aromatic carbocycles. The third-order valence-corrected chi connectivity index (χ3v) is 7.83. The van der Waals surface area contributed by atoms with Crippen LogP contribution in [-0.4, -0.2) is 41.6 Å². The van der Waals surface area contributed by atoms with Crippen molar-refractivity contribution in [1.82, 2.24) is 10.2 Å². The SMILES string of the molecule is Cc1ccc2cc(C(=O)NC3C4CCN(CC4)C34CC4)sc2c1OC(C)C. The Balaban J connectivity index is 1.43. The zero-order valence-electron chi connectivity index (χ0n) is 16.4. The number of thiophene rings is 1. The molecule has 6 rings (SSSR count). The number of carbonyl (C=O) groups is 1. The summed E-state index contributed by atoms with van der Waals surface area (Å²) in [6.45, 7) is 8.59. The number of hydrogen-bond donors (Lipinski definition) is 1. The van der Waals surface area contributed by atoms with E-state index in [4.69, 9.17) is 4.74 Å². The molecular formula is C22H28N2O2S. The predicted octanol–water partition coefficient (Wildman–Crippen LogP) is 4.35. The van der Waals surface area contributed by atoms with Gasteiger partial charge in [0.2, 0.25) is 0 Å². The highest BCUT2D eigenvalue weighted by Gasteiger charge is 2.60. The van der Waals surface area contributed by atoms with Crippen molar-refractivity contribution in [3.05, 3.63) is 28.6 Å². The lowest BCUT2D eigenvalue weighted by Crippen LogP contribution is -2.65. The van der Waals surface area contributed by atoms with Gasteiger partial charge in [0.1, 0.15) is 5.75 Å². The molecule has 1 spiro atoms. The van der Waals surface area contributed by atoms with Crippen molar-refractivity contribution < 1.29 is 9.53 Å². The zero-order chi connectivity index (χ0) is 18.8. The molecule has 3 aliphatic heterocycles. The molecule has 4 nitrogen and oxygen atoms in total. The Morgan fingerprint density at radius 3 is 2.70 bits per heavy atom. The van der Waals surface area contributed by atoms with Crippen LogP contribution in [0.15, 0.2) is 18.2 Å². The molecule has 1 unspecified atom stereocenters. The third kappa shape index (κ3) is 2.78. The zero-order valence-corrected chi connectivity index (χ0v) is 17.2. The summed E-state index contributed by atoms with van der Waals surface area (Å²) in [5.41, 5.74) is 1.40. The van der Waals surface area contributed by atoms with Crippen molar-refractivity contribution in [2.75, 3.05) is 13.1 Å². The average molecular weight is 385 g/mol. The maximum Gasteiger partial charge on any atom is 0.261 e. The molecule has 1 amide bonds. The largest absolute Gasteiger partial charge is 0.489 e. The minimum Gasteiger partial charge on any atom is -0.489 e. The van der Waals surface area contributed by atoms with Crippen LogP contribution in [0.25, 0.3) is 10.1 Å². The number of nitrogens with zero attached hydrogens (tertiary/aromatic N) is 1. The Morgan fingerprint density at radius 1 is 1.30 bits per heavy atom. The summed E-state index contributed by atoms with van der Waals surface area (Å²) >= 11 is 1.57. The van der Waals surface area contributed by atoms with E-state index < -0.39 is 0 Å². The summed E-state index contributed by atoms with van der Waals surface area (Å²) in [6.07, 6.45) is 5.06. The van der Waals surface area contributed by atoms with Crippen molar-refractivity contribution in [2.45, 2.75) is 64.1 Å². The molecule has 27 heavy (non-hydrogen) atoms. The molecule has 1 N–H and O–H groups in total. The molecule has 5 heteroatoms. The van der Waals surface area contributed by atoms with Gasteiger partial charge in [-0.05, 0) is 82.5 Å². The number of rotatable bonds is 4. The second kappa shape index (κ2) is 6.21. The van der Waals surface area contributed by atoms with E-state index in [0.717, 1.165) is 26.3 Å². The van der Waals surface area contributed by atoms with Gasteiger partial charge in [0.15, 0.2) is 0 Å². The molecule has 0 radical (unpaired) electrons. The summed E-state index contributed by atoms with van der Waals surface area (Å²) in [5.74, 6) is 1.67. The highest BCUT2D eigenvalue weighted by Crippen LogP contribution is 2.53. The van der Waals surface area contributed by atoms with Gasteiger partial charge in [-0.15, -0.1) is 11.3 Å². The number of aryl methyl sites for hydroxylation is 1. The van der Waals surface area contributed by atoms with Gasteiger partial charge in [-0.2, -0.15) is 0 Å². The summed E-state index contributed by atoms with van der Waals surface area (Å²) in [5, 5.41) is 4.54. The van der Waals surface area contributed by atoms with E-state index in [1.165, 1.54) is 38.8 Å². The van der Waals surface area contributed by atoms with Crippen molar-refractivity contribution in [3.8, 4) is 5.75 Å². The Kier molecular flexibility index (Phi) is 4.03. The third-order valence-electron chi connectivity index (χ3n) is 6.68. The second-order valence-electron chi connectivity index (χ2n) is 8.79. The van der Waals surface area contributed by atoms with Crippen LogP contribution in [0.4, 0.5) is 0 Å². The quantitative estimate of drug-likeness (QED) is 0.852. The van der Waals surface area contributed by atoms with E-state index >= 15 is 0 Å². The van der Waals surface area contributed by atoms with E-state index in [9.17, 15) is 4.79 Å². The standard InChI is InChI=1S/C22H28N2O2S/c1-13(2)26-18-14(3)4-5-16-12-17(27-19(16)18)21(25)23-20-15-6-10-24(11-7-15)22(20)8-9-22/h4-5,12-13,15,20H,6-11H2,1-3H3,(H,23,25). The Labute approximate surface area is 164 Å². The predicted molar refractivity (Wildman–Crippen MR) is 110 cm³/mol. The smallest absolute Gasteiger partial charge is 0.261 e. The number of benzene rings is 1. The lowest BCUT2D eigenvalue weighted by atomic mass is 9.77. The number of ether oxygens (including phenoxy) is 1. The number of fused-ring (bicyclic) bond motifs is 3. The van der Waals surface area contributed by atoms with Crippen LogP contribution < -0.4 is 10.1 Å². The molecular weight excluding hydrogens is 356 g/mol. The van der Waals surface area contributed by atoms with Gasteiger partial charge < -0.3 is 10.1 Å². The monoisotopic (exact) mass is 384 g/mol. The van der Waals surface area contributed by atoms with Gasteiger partial charge in [0.25, 0.3) is 5.91 Å². The van der Waals surface area contributed by atoms with Gasteiger partial charge in [0.05, 0.1) is 21.7 Å². The number of carbonyl (C=O) groups excluding carboxylic acids is 1. The van der Waals surface area contributed by atoms with Crippen molar-refractivity contribution >= 4 is 27.3 Å². The molecule has 4 heterocycles. The van der Waals surface area contributed by atoms with E-state index in [-0.39, 0.29) is 17.6 Å². The van der Waals surface area contributed by atoms with Gasteiger partial charge in [-0.1, -0.05) is 12.1 Å². The molecule has 4 fully saturated rings. The minimum absolute atomic E-state index is 0.0920. The molecule has 1 aromatic heterocycles. The molecule has 2 aromatic rings. The fourth-order valence-electron chi connectivity index (χ4n) is 5.20. The van der Waals surface area contributed by atoms with Gasteiger partial charge in [-0.25, -0.2) is 0 Å². The van der Waals surface area contributed by atoms with E-state index in [2.05, 4.69) is 29.3 Å². The molecule has 1 saturated carbocycles. The molecule has 4 aliphatic rings. The van der Waals surface area contributed by atoms with Crippen molar-refractivity contribution in [3.63, 3.8) is 0 Å². The summed E-state index contributed by atoms with van der Waals surface area (Å²) in [4.78, 5) is 16.6. The first-order valence-corrected chi connectivity index (χ1v) is 11.1. The normalized spacial score (nSPS) is 28.1. The Bertz CT molecular complexity index is 891. The average Bonchev–Trinajstić information content (AvgIpc) is 3.30. The first-order valence-electron chi connectivity index (χ1n) is 10.2. The van der Waals surface area contributed by atoms with Crippen LogP contribution in [-0.2, 0) is 0 Å². The van der Waals surface area contributed by atoms with E-state index in [1.54, 1.807) is 11.3 Å². The Morgan fingerprint density at radius 2 is 2.04 bits per heavy atom. The first-order chi connectivity index (χ1) is 13.0. The topological polar surface area (TPSA) is 41.6 Å². The van der Waals surface area contributed by atoms with E-state index in [1.807, 2.05) is 19.9 Å². The van der Waals surface area contributed by atoms with Gasteiger partial charge in [0, 0.05) is 5.54 Å². The van der Waals surface area contributed by atoms with Crippen molar-refractivity contribution in [1.29, 1.82) is 0 Å². The van der Waals surface area contributed by atoms with Crippen LogP contribution in [0, 0.1) is 12.8 Å². The molecule has 144 valence electrons. The number of piperidine rings is 3. The Hall–Kier alpha value is -1.59. The van der Waals surface area contributed by atoms with Crippen LogP contribution >= 0.6 is 11.3 Å². The van der Waals surface area contributed by atoms with Gasteiger partial charge in [-0.3, -0.25) is 9.69 Å². The first kappa shape index (κ1) is 17.5. The summed E-state index contributed by atoms with van der Waals surface area (Å²) in [6, 6.07) is 6.54. The number of nitrogens with one attached hydrogen (secondary N) is 1. The summed E-state index contributed by atoms with van der Waals surface area (Å²) in [7, 11) is 0. The highest BCUT2D eigenvalue weighted by molar-refractivity contribution is 7.21. The van der Waals surface area contributed by atoms with Crippen LogP contribution in [0.5, 0.6) is 5.75 Å². The lowest BCUT2D eigenvalue weighted by molar-refractivity contribution is -0.00138. The number of hydrogen-bond acceptors (Lipinski definition) is 4.